The Morgan fingerprint density at radius 3 is 2.50 bits per heavy atom. The van der Waals surface area contributed by atoms with Gasteiger partial charge in [-0.25, -0.2) is 8.42 Å². The molecule has 0 bridgehead atoms. The van der Waals surface area contributed by atoms with Gasteiger partial charge >= 0.3 is 0 Å². The topological polar surface area (TPSA) is 66.5 Å². The van der Waals surface area contributed by atoms with Crippen molar-refractivity contribution in [2.75, 3.05) is 23.7 Å². The van der Waals surface area contributed by atoms with Crippen molar-refractivity contribution >= 4 is 21.6 Å². The Bertz CT molecular complexity index is 693. The number of amides is 1. The molecule has 24 heavy (non-hydrogen) atoms. The van der Waals surface area contributed by atoms with Gasteiger partial charge in [-0.2, -0.15) is 0 Å². The van der Waals surface area contributed by atoms with Gasteiger partial charge in [-0.15, -0.1) is 0 Å². The molecule has 0 aliphatic heterocycles. The molecule has 1 aliphatic rings. The van der Waals surface area contributed by atoms with Gasteiger partial charge in [-0.3, -0.25) is 9.10 Å². The molecule has 0 fully saturated rings. The monoisotopic (exact) mass is 350 g/mol. The van der Waals surface area contributed by atoms with Gasteiger partial charge in [0, 0.05) is 6.54 Å². The van der Waals surface area contributed by atoms with Crippen LogP contribution in [0.25, 0.3) is 0 Å². The van der Waals surface area contributed by atoms with E-state index in [0.29, 0.717) is 12.2 Å². The summed E-state index contributed by atoms with van der Waals surface area (Å²) in [5.74, 6) is -0.280. The van der Waals surface area contributed by atoms with Crippen LogP contribution in [-0.4, -0.2) is 33.7 Å². The second-order valence-corrected chi connectivity index (χ2v) is 8.22. The van der Waals surface area contributed by atoms with Crippen LogP contribution in [0.2, 0.25) is 0 Å². The SMILES string of the molecule is Cc1ccc(N(CC(=O)NCCC2=CCCCC2)S(C)(=O)=O)cc1. The summed E-state index contributed by atoms with van der Waals surface area (Å²) in [5.41, 5.74) is 2.94. The van der Waals surface area contributed by atoms with Crippen LogP contribution in [0, 0.1) is 6.92 Å². The predicted octanol–water partition coefficient (Wildman–Crippen LogP) is 2.77. The van der Waals surface area contributed by atoms with Crippen molar-refractivity contribution in [1.82, 2.24) is 5.32 Å². The van der Waals surface area contributed by atoms with Gasteiger partial charge in [0.1, 0.15) is 6.54 Å². The van der Waals surface area contributed by atoms with E-state index in [9.17, 15) is 13.2 Å². The summed E-state index contributed by atoms with van der Waals surface area (Å²) in [4.78, 5) is 12.1. The Balaban J connectivity index is 1.92. The molecule has 6 heteroatoms. The molecule has 0 aromatic heterocycles. The Morgan fingerprint density at radius 2 is 1.92 bits per heavy atom. The molecular formula is C18H26N2O3S. The van der Waals surface area contributed by atoms with Crippen LogP contribution in [-0.2, 0) is 14.8 Å². The summed E-state index contributed by atoms with van der Waals surface area (Å²) in [6.45, 7) is 2.29. The van der Waals surface area contributed by atoms with Crippen molar-refractivity contribution < 1.29 is 13.2 Å². The molecule has 1 aliphatic carbocycles. The highest BCUT2D eigenvalue weighted by molar-refractivity contribution is 7.92. The number of rotatable bonds is 7. The lowest BCUT2D eigenvalue weighted by Crippen LogP contribution is -2.40. The number of carbonyl (C=O) groups excluding carboxylic acids is 1. The molecule has 1 N–H and O–H groups in total. The van der Waals surface area contributed by atoms with Crippen molar-refractivity contribution in [3.05, 3.63) is 41.5 Å². The number of carbonyl (C=O) groups is 1. The van der Waals surface area contributed by atoms with Crippen molar-refractivity contribution in [3.63, 3.8) is 0 Å². The van der Waals surface area contributed by atoms with Crippen LogP contribution in [0.5, 0.6) is 0 Å². The molecule has 0 radical (unpaired) electrons. The second kappa shape index (κ2) is 8.33. The summed E-state index contributed by atoms with van der Waals surface area (Å²) in [5, 5.41) is 2.83. The standard InChI is InChI=1S/C18H26N2O3S/c1-15-8-10-17(11-9-15)20(24(2,22)23)14-18(21)19-13-12-16-6-4-3-5-7-16/h6,8-11H,3-5,7,12-14H2,1-2H3,(H,19,21). The third-order valence-corrected chi connectivity index (χ3v) is 5.30. The number of allylic oxidation sites excluding steroid dienone is 1. The second-order valence-electron chi connectivity index (χ2n) is 6.31. The number of aryl methyl sites for hydroxylation is 1. The lowest BCUT2D eigenvalue weighted by atomic mass is 9.97. The largest absolute Gasteiger partial charge is 0.354 e. The maximum absolute atomic E-state index is 12.1. The summed E-state index contributed by atoms with van der Waals surface area (Å²) in [7, 11) is -3.51. The lowest BCUT2D eigenvalue weighted by molar-refractivity contribution is -0.119. The average Bonchev–Trinajstić information content (AvgIpc) is 2.54. The van der Waals surface area contributed by atoms with Crippen LogP contribution in [0.4, 0.5) is 5.69 Å². The van der Waals surface area contributed by atoms with Gasteiger partial charge in [0.25, 0.3) is 0 Å². The molecule has 132 valence electrons. The van der Waals surface area contributed by atoms with Crippen LogP contribution >= 0.6 is 0 Å². The number of nitrogens with one attached hydrogen (secondary N) is 1. The zero-order chi connectivity index (χ0) is 17.6. The van der Waals surface area contributed by atoms with Gasteiger partial charge in [-0.05, 0) is 51.2 Å². The van der Waals surface area contributed by atoms with Crippen molar-refractivity contribution in [1.29, 1.82) is 0 Å². The normalized spacial score (nSPS) is 14.8. The van der Waals surface area contributed by atoms with E-state index in [-0.39, 0.29) is 12.5 Å². The van der Waals surface area contributed by atoms with Gasteiger partial charge in [0.05, 0.1) is 11.9 Å². The minimum Gasteiger partial charge on any atom is -0.354 e. The molecule has 0 spiro atoms. The molecule has 2 rings (SSSR count). The van der Waals surface area contributed by atoms with E-state index in [1.807, 2.05) is 19.1 Å². The van der Waals surface area contributed by atoms with Crippen LogP contribution in [0.15, 0.2) is 35.9 Å². The van der Waals surface area contributed by atoms with E-state index < -0.39 is 10.0 Å². The zero-order valence-electron chi connectivity index (χ0n) is 14.4. The highest BCUT2D eigenvalue weighted by Gasteiger charge is 2.20. The molecule has 1 aromatic carbocycles. The van der Waals surface area contributed by atoms with E-state index in [0.717, 1.165) is 35.4 Å². The first-order chi connectivity index (χ1) is 11.4. The van der Waals surface area contributed by atoms with E-state index in [4.69, 9.17) is 0 Å². The molecule has 0 saturated carbocycles. The van der Waals surface area contributed by atoms with Crippen molar-refractivity contribution in [3.8, 4) is 0 Å². The van der Waals surface area contributed by atoms with Gasteiger partial charge in [0.15, 0.2) is 0 Å². The molecule has 1 amide bonds. The third kappa shape index (κ3) is 5.67. The fraction of sp³-hybridized carbons (Fsp3) is 0.500. The van der Waals surface area contributed by atoms with Crippen molar-refractivity contribution in [2.24, 2.45) is 0 Å². The molecule has 0 atom stereocenters. The molecule has 0 saturated heterocycles. The number of nitrogens with zero attached hydrogens (tertiary/aromatic N) is 1. The van der Waals surface area contributed by atoms with E-state index in [2.05, 4.69) is 11.4 Å². The van der Waals surface area contributed by atoms with Gasteiger partial charge in [0.2, 0.25) is 15.9 Å². The molecule has 0 unspecified atom stereocenters. The fourth-order valence-electron chi connectivity index (χ4n) is 2.79. The average molecular weight is 350 g/mol. The van der Waals surface area contributed by atoms with Crippen molar-refractivity contribution in [2.45, 2.75) is 39.0 Å². The molecular weight excluding hydrogens is 324 g/mol. The minimum atomic E-state index is -3.51. The number of anilines is 1. The fourth-order valence-corrected chi connectivity index (χ4v) is 3.65. The minimum absolute atomic E-state index is 0.194. The summed E-state index contributed by atoms with van der Waals surface area (Å²) < 4.78 is 25.2. The Labute approximate surface area is 144 Å². The number of benzene rings is 1. The number of sulfonamides is 1. The van der Waals surface area contributed by atoms with Crippen LogP contribution < -0.4 is 9.62 Å². The van der Waals surface area contributed by atoms with E-state index >= 15 is 0 Å². The molecule has 5 nitrogen and oxygen atoms in total. The first-order valence-electron chi connectivity index (χ1n) is 8.35. The Kier molecular flexibility index (Phi) is 6.43. The lowest BCUT2D eigenvalue weighted by Gasteiger charge is -2.22. The maximum atomic E-state index is 12.1. The highest BCUT2D eigenvalue weighted by atomic mass is 32.2. The van der Waals surface area contributed by atoms with Crippen LogP contribution in [0.1, 0.15) is 37.7 Å². The summed E-state index contributed by atoms with van der Waals surface area (Å²) in [6.07, 6.45) is 8.91. The number of hydrogen-bond donors (Lipinski definition) is 1. The van der Waals surface area contributed by atoms with Gasteiger partial charge in [-0.1, -0.05) is 29.3 Å². The van der Waals surface area contributed by atoms with E-state index in [1.165, 1.54) is 18.4 Å². The molecule has 1 aromatic rings. The van der Waals surface area contributed by atoms with Gasteiger partial charge < -0.3 is 5.32 Å². The van der Waals surface area contributed by atoms with E-state index in [1.54, 1.807) is 12.1 Å². The first kappa shape index (κ1) is 18.5. The Morgan fingerprint density at radius 1 is 1.21 bits per heavy atom. The summed E-state index contributed by atoms with van der Waals surface area (Å²) in [6, 6.07) is 7.11. The molecule has 0 heterocycles. The predicted molar refractivity (Wildman–Crippen MR) is 97.5 cm³/mol. The summed E-state index contributed by atoms with van der Waals surface area (Å²) >= 11 is 0. The third-order valence-electron chi connectivity index (χ3n) is 4.16. The van der Waals surface area contributed by atoms with Crippen LogP contribution in [0.3, 0.4) is 0 Å². The smallest absolute Gasteiger partial charge is 0.240 e. The Hall–Kier alpha value is -1.82. The number of hydrogen-bond acceptors (Lipinski definition) is 3. The maximum Gasteiger partial charge on any atom is 0.240 e. The quantitative estimate of drug-likeness (QED) is 0.769. The first-order valence-corrected chi connectivity index (χ1v) is 10.2. The highest BCUT2D eigenvalue weighted by Crippen LogP contribution is 2.20. The zero-order valence-corrected chi connectivity index (χ0v) is 15.2.